The molecule has 7 atom stereocenters. The number of Topliss-reactive ketones (excluding diaryl/α,β-unsaturated/α-hetero) is 1. The second-order valence-corrected chi connectivity index (χ2v) is 9.89. The van der Waals surface area contributed by atoms with Crippen LogP contribution in [-0.4, -0.2) is 29.9 Å². The molecule has 5 nitrogen and oxygen atoms in total. The highest BCUT2D eigenvalue weighted by atomic mass is 16.5. The highest BCUT2D eigenvalue weighted by Crippen LogP contribution is 2.64. The van der Waals surface area contributed by atoms with E-state index >= 15 is 0 Å². The fourth-order valence-corrected chi connectivity index (χ4v) is 7.03. The van der Waals surface area contributed by atoms with Gasteiger partial charge in [0.2, 0.25) is 0 Å². The maximum Gasteiger partial charge on any atom is 0.303 e. The van der Waals surface area contributed by atoms with Crippen LogP contribution in [0.3, 0.4) is 0 Å². The minimum atomic E-state index is -0.566. The van der Waals surface area contributed by atoms with Crippen molar-refractivity contribution in [2.45, 2.75) is 84.8 Å². The van der Waals surface area contributed by atoms with Gasteiger partial charge in [-0.25, -0.2) is 0 Å². The Morgan fingerprint density at radius 3 is 2.36 bits per heavy atom. The molecule has 28 heavy (non-hydrogen) atoms. The van der Waals surface area contributed by atoms with Crippen molar-refractivity contribution < 1.29 is 23.9 Å². The maximum absolute atomic E-state index is 13.0. The van der Waals surface area contributed by atoms with E-state index in [4.69, 9.17) is 9.47 Å². The monoisotopic (exact) mass is 388 g/mol. The van der Waals surface area contributed by atoms with Gasteiger partial charge >= 0.3 is 11.9 Å². The van der Waals surface area contributed by atoms with Crippen molar-refractivity contribution in [2.75, 3.05) is 0 Å². The van der Waals surface area contributed by atoms with Crippen molar-refractivity contribution in [3.8, 4) is 0 Å². The zero-order valence-electron chi connectivity index (χ0n) is 17.5. The number of ether oxygens (including phenoxy) is 2. The Kier molecular flexibility index (Phi) is 4.71. The van der Waals surface area contributed by atoms with Crippen molar-refractivity contribution in [3.05, 3.63) is 11.6 Å². The first-order valence-electron chi connectivity index (χ1n) is 10.7. The van der Waals surface area contributed by atoms with Gasteiger partial charge < -0.3 is 9.47 Å². The van der Waals surface area contributed by atoms with Crippen molar-refractivity contribution in [1.29, 1.82) is 0 Å². The van der Waals surface area contributed by atoms with Crippen LogP contribution < -0.4 is 0 Å². The minimum absolute atomic E-state index is 0.00337. The Hall–Kier alpha value is -1.65. The molecule has 0 aromatic carbocycles. The summed E-state index contributed by atoms with van der Waals surface area (Å²) < 4.78 is 10.9. The number of hydrogen-bond acceptors (Lipinski definition) is 5. The topological polar surface area (TPSA) is 69.7 Å². The number of rotatable bonds is 2. The van der Waals surface area contributed by atoms with Crippen molar-refractivity contribution in [2.24, 2.45) is 28.6 Å². The van der Waals surface area contributed by atoms with E-state index in [0.717, 1.165) is 38.5 Å². The molecule has 5 heteroatoms. The van der Waals surface area contributed by atoms with Gasteiger partial charge in [0.1, 0.15) is 6.10 Å². The summed E-state index contributed by atoms with van der Waals surface area (Å²) >= 11 is 0. The summed E-state index contributed by atoms with van der Waals surface area (Å²) in [5.74, 6) is 0.861. The smallest absolute Gasteiger partial charge is 0.303 e. The van der Waals surface area contributed by atoms with Crippen LogP contribution in [0.1, 0.15) is 72.6 Å². The molecule has 154 valence electrons. The van der Waals surface area contributed by atoms with Crippen LogP contribution in [0.4, 0.5) is 0 Å². The van der Waals surface area contributed by atoms with Crippen LogP contribution in [0.2, 0.25) is 0 Å². The van der Waals surface area contributed by atoms with Gasteiger partial charge in [0.05, 0.1) is 0 Å². The van der Waals surface area contributed by atoms with Crippen LogP contribution in [0, 0.1) is 28.6 Å². The molecule has 4 aliphatic carbocycles. The molecular weight excluding hydrogens is 356 g/mol. The Morgan fingerprint density at radius 2 is 1.68 bits per heavy atom. The Morgan fingerprint density at radius 1 is 1.00 bits per heavy atom. The molecule has 0 aromatic rings. The lowest BCUT2D eigenvalue weighted by Crippen LogP contribution is -2.50. The molecule has 0 saturated heterocycles. The molecule has 3 saturated carbocycles. The van der Waals surface area contributed by atoms with Crippen molar-refractivity contribution in [1.82, 2.24) is 0 Å². The summed E-state index contributed by atoms with van der Waals surface area (Å²) in [6.07, 6.45) is 8.16. The van der Waals surface area contributed by atoms with Crippen molar-refractivity contribution >= 4 is 17.7 Å². The zero-order chi connectivity index (χ0) is 20.3. The molecule has 0 aromatic heterocycles. The lowest BCUT2D eigenvalue weighted by atomic mass is 9.48. The van der Waals surface area contributed by atoms with Crippen LogP contribution in [0.5, 0.6) is 0 Å². The molecule has 0 heterocycles. The second-order valence-electron chi connectivity index (χ2n) is 9.89. The Labute approximate surface area is 167 Å². The summed E-state index contributed by atoms with van der Waals surface area (Å²) in [5.41, 5.74) is 1.21. The third kappa shape index (κ3) is 2.93. The lowest BCUT2D eigenvalue weighted by Gasteiger charge is -2.56. The Balaban J connectivity index is 1.58. The highest BCUT2D eigenvalue weighted by molar-refractivity contribution is 5.92. The third-order valence-electron chi connectivity index (χ3n) is 8.41. The predicted molar refractivity (Wildman–Crippen MR) is 103 cm³/mol. The van der Waals surface area contributed by atoms with Crippen LogP contribution >= 0.6 is 0 Å². The number of fused-ring (bicyclic) bond motifs is 5. The van der Waals surface area contributed by atoms with E-state index in [-0.39, 0.29) is 40.6 Å². The number of esters is 2. The SMILES string of the molecule is CC(=O)O[C@@H]1CC[C@]2(C)C(=CC[C@H]3[C@H]2CC[C@@]2(C)C(=O)[C@H](OC(C)=O)C[C@@H]32)C1. The molecule has 0 aliphatic heterocycles. The van der Waals surface area contributed by atoms with E-state index in [0.29, 0.717) is 18.3 Å². The van der Waals surface area contributed by atoms with E-state index < -0.39 is 6.10 Å². The first-order valence-corrected chi connectivity index (χ1v) is 10.7. The number of carbonyl (C=O) groups is 3. The van der Waals surface area contributed by atoms with E-state index in [1.54, 1.807) is 0 Å². The van der Waals surface area contributed by atoms with Gasteiger partial charge in [-0.05, 0) is 61.7 Å². The molecule has 3 fully saturated rings. The number of hydrogen-bond donors (Lipinski definition) is 0. The fourth-order valence-electron chi connectivity index (χ4n) is 7.03. The molecular formula is C23H32O5. The highest BCUT2D eigenvalue weighted by Gasteiger charge is 2.62. The molecule has 0 unspecified atom stereocenters. The van der Waals surface area contributed by atoms with Crippen LogP contribution in [-0.2, 0) is 23.9 Å². The summed E-state index contributed by atoms with van der Waals surface area (Å²) in [5, 5.41) is 0. The van der Waals surface area contributed by atoms with Gasteiger partial charge in [-0.15, -0.1) is 0 Å². The maximum atomic E-state index is 13.0. The van der Waals surface area contributed by atoms with E-state index in [1.165, 1.54) is 19.4 Å². The predicted octanol–water partition coefficient (Wildman–Crippen LogP) is 3.99. The largest absolute Gasteiger partial charge is 0.462 e. The number of ketones is 1. The van der Waals surface area contributed by atoms with Gasteiger partial charge in [0.25, 0.3) is 0 Å². The molecule has 4 aliphatic rings. The molecule has 0 amide bonds. The minimum Gasteiger partial charge on any atom is -0.462 e. The van der Waals surface area contributed by atoms with E-state index in [2.05, 4.69) is 19.9 Å². The van der Waals surface area contributed by atoms with E-state index in [1.807, 2.05) is 0 Å². The number of allylic oxidation sites excluding steroid dienone is 1. The van der Waals surface area contributed by atoms with Gasteiger partial charge in [-0.3, -0.25) is 14.4 Å². The third-order valence-corrected chi connectivity index (χ3v) is 8.41. The molecule has 0 spiro atoms. The molecule has 4 rings (SSSR count). The van der Waals surface area contributed by atoms with Gasteiger partial charge in [0.15, 0.2) is 11.9 Å². The molecule has 0 radical (unpaired) electrons. The number of carbonyl (C=O) groups excluding carboxylic acids is 3. The second kappa shape index (κ2) is 6.70. The van der Waals surface area contributed by atoms with Gasteiger partial charge in [-0.2, -0.15) is 0 Å². The van der Waals surface area contributed by atoms with E-state index in [9.17, 15) is 14.4 Å². The zero-order valence-corrected chi connectivity index (χ0v) is 17.5. The van der Waals surface area contributed by atoms with Crippen LogP contribution in [0.15, 0.2) is 11.6 Å². The molecule has 0 N–H and O–H groups in total. The van der Waals surface area contributed by atoms with Crippen LogP contribution in [0.25, 0.3) is 0 Å². The van der Waals surface area contributed by atoms with Gasteiger partial charge in [-0.1, -0.05) is 25.5 Å². The quantitative estimate of drug-likeness (QED) is 0.528. The first-order chi connectivity index (χ1) is 13.1. The fraction of sp³-hybridized carbons (Fsp3) is 0.783. The standard InChI is InChI=1S/C23H32O5/c1-13(24)27-16-7-9-22(3)15(11-16)5-6-17-18(22)8-10-23(4)19(17)12-20(21(23)26)28-14(2)25/h5,16-20H,6-12H2,1-4H3/t16-,17+,18-,19+,20-,22-,23-/m1/s1. The summed E-state index contributed by atoms with van der Waals surface area (Å²) in [4.78, 5) is 35.9. The average Bonchev–Trinajstić information content (AvgIpc) is 2.86. The van der Waals surface area contributed by atoms with Gasteiger partial charge in [0, 0.05) is 25.7 Å². The van der Waals surface area contributed by atoms with Crippen molar-refractivity contribution in [3.63, 3.8) is 0 Å². The average molecular weight is 389 g/mol. The first kappa shape index (κ1) is 19.7. The summed E-state index contributed by atoms with van der Waals surface area (Å²) in [7, 11) is 0. The normalized spacial score (nSPS) is 44.6. The summed E-state index contributed by atoms with van der Waals surface area (Å²) in [6, 6.07) is 0. The Bertz CT molecular complexity index is 739. The lowest BCUT2D eigenvalue weighted by molar-refractivity contribution is -0.153. The summed E-state index contributed by atoms with van der Waals surface area (Å²) in [6.45, 7) is 7.35. The molecule has 0 bridgehead atoms.